The number of pyridine rings is 1. The van der Waals surface area contributed by atoms with Gasteiger partial charge in [0.25, 0.3) is 0 Å². The molecule has 0 spiro atoms. The molecule has 0 aliphatic carbocycles. The number of anilines is 1. The molecule has 0 aliphatic heterocycles. The van der Waals surface area contributed by atoms with Gasteiger partial charge >= 0.3 is 6.18 Å². The second-order valence-electron chi connectivity index (χ2n) is 8.09. The summed E-state index contributed by atoms with van der Waals surface area (Å²) in [4.78, 5) is 17.1. The van der Waals surface area contributed by atoms with Crippen LogP contribution in [0.25, 0.3) is 11.0 Å². The summed E-state index contributed by atoms with van der Waals surface area (Å²) in [5.41, 5.74) is 2.29. The normalized spacial score (nSPS) is 11.9. The monoisotopic (exact) mass is 490 g/mol. The molecule has 4 aromatic rings. The third-order valence-electron chi connectivity index (χ3n) is 5.53. The lowest BCUT2D eigenvalue weighted by atomic mass is 10.1. The van der Waals surface area contributed by atoms with Gasteiger partial charge in [-0.15, -0.1) is 0 Å². The van der Waals surface area contributed by atoms with E-state index in [1.165, 1.54) is 18.5 Å². The van der Waals surface area contributed by atoms with Crippen LogP contribution in [-0.2, 0) is 24.1 Å². The van der Waals surface area contributed by atoms with E-state index in [9.17, 15) is 18.0 Å². The lowest BCUT2D eigenvalue weighted by Gasteiger charge is -2.10. The maximum atomic E-state index is 13.5. The van der Waals surface area contributed by atoms with Crippen molar-refractivity contribution in [2.24, 2.45) is 0 Å². The van der Waals surface area contributed by atoms with E-state index in [1.54, 1.807) is 17.7 Å². The summed E-state index contributed by atoms with van der Waals surface area (Å²) in [5, 5.41) is 12.0. The van der Waals surface area contributed by atoms with Crippen molar-refractivity contribution < 1.29 is 18.0 Å². The molecule has 7 nitrogen and oxygen atoms in total. The first-order chi connectivity index (χ1) is 16.0. The number of fused-ring (bicyclic) bond motifs is 1. The Morgan fingerprint density at radius 3 is 2.41 bits per heavy atom. The standard InChI is InChI=1S/C23H22ClF3N6O/c1-12-9-17(23(25,26)27)20-13(2)30-33(22(20)28-12)11-19(34)29-21-14(3)31-32(15(21)4)10-16-7-5-6-8-18(16)24/h5-9H,10-11H2,1-4H3,(H,29,34). The van der Waals surface area contributed by atoms with Crippen LogP contribution in [0.4, 0.5) is 18.9 Å². The lowest BCUT2D eigenvalue weighted by Crippen LogP contribution is -2.20. The summed E-state index contributed by atoms with van der Waals surface area (Å²) < 4.78 is 43.6. The third kappa shape index (κ3) is 4.50. The Morgan fingerprint density at radius 2 is 1.74 bits per heavy atom. The van der Waals surface area contributed by atoms with Gasteiger partial charge in [-0.3, -0.25) is 9.48 Å². The van der Waals surface area contributed by atoms with Crippen molar-refractivity contribution in [3.8, 4) is 0 Å². The molecule has 3 aromatic heterocycles. The summed E-state index contributed by atoms with van der Waals surface area (Å²) in [6, 6.07) is 8.40. The molecule has 178 valence electrons. The summed E-state index contributed by atoms with van der Waals surface area (Å²) in [6.07, 6.45) is -4.56. The molecule has 0 aliphatic rings. The van der Waals surface area contributed by atoms with Crippen molar-refractivity contribution in [1.29, 1.82) is 0 Å². The van der Waals surface area contributed by atoms with E-state index in [-0.39, 0.29) is 29.0 Å². The zero-order chi connectivity index (χ0) is 24.8. The second kappa shape index (κ2) is 8.75. The molecular formula is C23H22ClF3N6O. The van der Waals surface area contributed by atoms with Gasteiger partial charge in [0, 0.05) is 10.7 Å². The first kappa shape index (κ1) is 23.7. The number of halogens is 4. The summed E-state index contributed by atoms with van der Waals surface area (Å²) >= 11 is 6.25. The summed E-state index contributed by atoms with van der Waals surface area (Å²) in [5.74, 6) is -0.454. The predicted molar refractivity (Wildman–Crippen MR) is 123 cm³/mol. The van der Waals surface area contributed by atoms with Gasteiger partial charge in [0.2, 0.25) is 5.91 Å². The SMILES string of the molecule is Cc1cc(C(F)(F)F)c2c(C)nn(CC(=O)Nc3c(C)nn(Cc4ccccc4Cl)c3C)c2n1. The van der Waals surface area contributed by atoms with E-state index in [0.717, 1.165) is 17.3 Å². The van der Waals surface area contributed by atoms with Crippen LogP contribution in [0.1, 0.15) is 33.9 Å². The molecule has 0 saturated heterocycles. The van der Waals surface area contributed by atoms with E-state index in [0.29, 0.717) is 22.9 Å². The Morgan fingerprint density at radius 1 is 1.06 bits per heavy atom. The number of aromatic nitrogens is 5. The average molecular weight is 491 g/mol. The molecule has 1 aromatic carbocycles. The maximum Gasteiger partial charge on any atom is 0.417 e. The second-order valence-corrected chi connectivity index (χ2v) is 8.50. The van der Waals surface area contributed by atoms with E-state index in [2.05, 4.69) is 20.5 Å². The zero-order valence-corrected chi connectivity index (χ0v) is 19.7. The molecule has 0 fully saturated rings. The largest absolute Gasteiger partial charge is 0.417 e. The molecule has 4 rings (SSSR count). The van der Waals surface area contributed by atoms with Crippen molar-refractivity contribution in [2.45, 2.75) is 47.0 Å². The number of nitrogens with zero attached hydrogens (tertiary/aromatic N) is 5. The highest BCUT2D eigenvalue weighted by atomic mass is 35.5. The van der Waals surface area contributed by atoms with Gasteiger partial charge < -0.3 is 5.32 Å². The molecule has 0 atom stereocenters. The highest BCUT2D eigenvalue weighted by Crippen LogP contribution is 2.36. The Bertz CT molecular complexity index is 1410. The van der Waals surface area contributed by atoms with E-state index in [1.807, 2.05) is 25.1 Å². The number of hydrogen-bond acceptors (Lipinski definition) is 4. The number of benzene rings is 1. The van der Waals surface area contributed by atoms with E-state index < -0.39 is 17.6 Å². The molecule has 0 radical (unpaired) electrons. The quantitative estimate of drug-likeness (QED) is 0.416. The Kier molecular flexibility index (Phi) is 6.11. The Hall–Kier alpha value is -3.40. The Labute approximate surface area is 198 Å². The number of carbonyl (C=O) groups is 1. The topological polar surface area (TPSA) is 77.6 Å². The van der Waals surface area contributed by atoms with Crippen molar-refractivity contribution >= 4 is 34.2 Å². The number of nitrogens with one attached hydrogen (secondary N) is 1. The summed E-state index contributed by atoms with van der Waals surface area (Å²) in [6.45, 7) is 6.65. The minimum atomic E-state index is -4.56. The van der Waals surface area contributed by atoms with Gasteiger partial charge in [-0.2, -0.15) is 23.4 Å². The van der Waals surface area contributed by atoms with Gasteiger partial charge in [0.1, 0.15) is 6.54 Å². The molecule has 3 heterocycles. The maximum absolute atomic E-state index is 13.5. The predicted octanol–water partition coefficient (Wildman–Crippen LogP) is 5.22. The van der Waals surface area contributed by atoms with Gasteiger partial charge in [0.05, 0.1) is 40.3 Å². The van der Waals surface area contributed by atoms with E-state index >= 15 is 0 Å². The molecule has 1 amide bonds. The van der Waals surface area contributed by atoms with Crippen LogP contribution in [0.15, 0.2) is 30.3 Å². The molecule has 0 unspecified atom stereocenters. The number of hydrogen-bond donors (Lipinski definition) is 1. The van der Waals surface area contributed by atoms with Crippen LogP contribution in [0.2, 0.25) is 5.02 Å². The number of amides is 1. The number of alkyl halides is 3. The molecule has 0 bridgehead atoms. The first-order valence-electron chi connectivity index (χ1n) is 10.4. The minimum absolute atomic E-state index is 0.0165. The van der Waals surface area contributed by atoms with Crippen LogP contribution < -0.4 is 5.32 Å². The van der Waals surface area contributed by atoms with Crippen LogP contribution >= 0.6 is 11.6 Å². The summed E-state index contributed by atoms with van der Waals surface area (Å²) in [7, 11) is 0. The molecule has 1 N–H and O–H groups in total. The van der Waals surface area contributed by atoms with Crippen LogP contribution in [0.3, 0.4) is 0 Å². The number of aryl methyl sites for hydroxylation is 3. The van der Waals surface area contributed by atoms with E-state index in [4.69, 9.17) is 11.6 Å². The number of carbonyl (C=O) groups excluding carboxylic acids is 1. The van der Waals surface area contributed by atoms with Crippen LogP contribution in [-0.4, -0.2) is 30.5 Å². The smallest absolute Gasteiger partial charge is 0.321 e. The van der Waals surface area contributed by atoms with Crippen molar-refractivity contribution in [3.05, 3.63) is 69.3 Å². The van der Waals surface area contributed by atoms with Crippen LogP contribution in [0.5, 0.6) is 0 Å². The molecule has 11 heteroatoms. The number of rotatable bonds is 5. The molecule has 0 saturated carbocycles. The fourth-order valence-electron chi connectivity index (χ4n) is 3.95. The van der Waals surface area contributed by atoms with Crippen molar-refractivity contribution in [1.82, 2.24) is 24.5 Å². The Balaban J connectivity index is 1.60. The van der Waals surface area contributed by atoms with Crippen LogP contribution in [0, 0.1) is 27.7 Å². The minimum Gasteiger partial charge on any atom is -0.321 e. The van der Waals surface area contributed by atoms with Gasteiger partial charge in [-0.25, -0.2) is 9.67 Å². The zero-order valence-electron chi connectivity index (χ0n) is 19.0. The van der Waals surface area contributed by atoms with Crippen molar-refractivity contribution in [3.63, 3.8) is 0 Å². The first-order valence-corrected chi connectivity index (χ1v) is 10.8. The van der Waals surface area contributed by atoms with Gasteiger partial charge in [-0.05, 0) is 45.4 Å². The average Bonchev–Trinajstić information content (AvgIpc) is 3.19. The highest BCUT2D eigenvalue weighted by Gasteiger charge is 2.35. The van der Waals surface area contributed by atoms with Gasteiger partial charge in [-0.1, -0.05) is 29.8 Å². The van der Waals surface area contributed by atoms with Gasteiger partial charge in [0.15, 0.2) is 5.65 Å². The third-order valence-corrected chi connectivity index (χ3v) is 5.90. The molecule has 34 heavy (non-hydrogen) atoms. The molecular weight excluding hydrogens is 469 g/mol. The highest BCUT2D eigenvalue weighted by molar-refractivity contribution is 6.31. The fraction of sp³-hybridized carbons (Fsp3) is 0.304. The fourth-order valence-corrected chi connectivity index (χ4v) is 4.14. The lowest BCUT2D eigenvalue weighted by molar-refractivity contribution is -0.136. The van der Waals surface area contributed by atoms with Crippen molar-refractivity contribution in [2.75, 3.05) is 5.32 Å².